The zero-order chi connectivity index (χ0) is 24.8. The second kappa shape index (κ2) is 8.81. The van der Waals surface area contributed by atoms with E-state index in [4.69, 9.17) is 14.2 Å². The third kappa shape index (κ3) is 4.41. The Bertz CT molecular complexity index is 1200. The van der Waals surface area contributed by atoms with Gasteiger partial charge in [-0.15, -0.1) is 0 Å². The van der Waals surface area contributed by atoms with Crippen LogP contribution >= 0.6 is 0 Å². The highest BCUT2D eigenvalue weighted by Gasteiger charge is 2.34. The number of anilines is 1. The highest BCUT2D eigenvalue weighted by Crippen LogP contribution is 2.43. The number of aromatic nitrogens is 1. The molecule has 1 saturated heterocycles. The normalized spacial score (nSPS) is 19.6. The number of hydrogen-bond donors (Lipinski definition) is 1. The van der Waals surface area contributed by atoms with Crippen LogP contribution in [0.3, 0.4) is 0 Å². The van der Waals surface area contributed by atoms with E-state index < -0.39 is 29.0 Å². The average molecular weight is 476 g/mol. The van der Waals surface area contributed by atoms with Gasteiger partial charge in [-0.05, 0) is 45.7 Å². The number of ether oxygens (including phenoxy) is 3. The monoisotopic (exact) mass is 475 g/mol. The molecule has 2 aromatic heterocycles. The molecule has 4 rings (SSSR count). The number of amides is 1. The van der Waals surface area contributed by atoms with Gasteiger partial charge in [0.05, 0.1) is 31.0 Å². The fourth-order valence-electron chi connectivity index (χ4n) is 4.43. The van der Waals surface area contributed by atoms with Gasteiger partial charge in [0.25, 0.3) is 5.56 Å². The summed E-state index contributed by atoms with van der Waals surface area (Å²) in [5, 5.41) is 2.83. The van der Waals surface area contributed by atoms with E-state index in [2.05, 4.69) is 5.32 Å². The van der Waals surface area contributed by atoms with Gasteiger partial charge in [-0.3, -0.25) is 9.20 Å². The predicted octanol–water partition coefficient (Wildman–Crippen LogP) is 3.21. The summed E-state index contributed by atoms with van der Waals surface area (Å²) in [4.78, 5) is 39.3. The van der Waals surface area contributed by atoms with Crippen LogP contribution in [0.5, 0.6) is 5.75 Å². The zero-order valence-electron chi connectivity index (χ0n) is 20.1. The van der Waals surface area contributed by atoms with Crippen molar-refractivity contribution in [3.8, 4) is 5.75 Å². The van der Waals surface area contributed by atoms with Crippen LogP contribution in [0, 0.1) is 5.82 Å². The molecular weight excluding hydrogens is 445 g/mol. The van der Waals surface area contributed by atoms with Gasteiger partial charge in [-0.25, -0.2) is 14.0 Å². The van der Waals surface area contributed by atoms with Gasteiger partial charge in [0.15, 0.2) is 11.6 Å². The number of nitrogens with zero attached hydrogens (tertiary/aromatic N) is 2. The quantitative estimate of drug-likeness (QED) is 0.678. The Labute approximate surface area is 196 Å². The molecule has 0 aliphatic carbocycles. The summed E-state index contributed by atoms with van der Waals surface area (Å²) >= 11 is 0. The zero-order valence-corrected chi connectivity index (χ0v) is 20.1. The van der Waals surface area contributed by atoms with Crippen molar-refractivity contribution < 1.29 is 28.2 Å². The maximum Gasteiger partial charge on any atom is 0.407 e. The van der Waals surface area contributed by atoms with Crippen molar-refractivity contribution in [1.29, 1.82) is 0 Å². The lowest BCUT2D eigenvalue weighted by atomic mass is 9.96. The van der Waals surface area contributed by atoms with E-state index in [0.29, 0.717) is 30.6 Å². The Hall–Kier alpha value is -3.30. The molecule has 0 spiro atoms. The number of esters is 1. The number of nitrogens with one attached hydrogen (secondary N) is 1. The molecule has 0 radical (unpaired) electrons. The number of hydrogen-bond acceptors (Lipinski definition) is 7. The molecule has 1 amide bonds. The molecule has 0 saturated carbocycles. The number of carbonyl (C=O) groups is 2. The van der Waals surface area contributed by atoms with E-state index in [1.54, 1.807) is 32.6 Å². The molecular formula is C24H30FN3O6. The summed E-state index contributed by atoms with van der Waals surface area (Å²) < 4.78 is 32.9. The van der Waals surface area contributed by atoms with Crippen molar-refractivity contribution >= 4 is 23.3 Å². The van der Waals surface area contributed by atoms with Crippen LogP contribution in [0.1, 0.15) is 62.9 Å². The molecule has 10 heteroatoms. The van der Waals surface area contributed by atoms with Gasteiger partial charge in [0, 0.05) is 19.0 Å². The van der Waals surface area contributed by atoms with Crippen molar-refractivity contribution in [3.63, 3.8) is 0 Å². The SMILES string of the molecule is CCOC(=O)c1cc2c3c(c(N4CCC(NC(=O)OC(C)(C)C)C4)c(F)cn3c1=O)OC[C@@H]2C. The first-order valence-corrected chi connectivity index (χ1v) is 11.5. The van der Waals surface area contributed by atoms with Gasteiger partial charge in [-0.2, -0.15) is 0 Å². The molecule has 1 unspecified atom stereocenters. The Balaban J connectivity index is 1.72. The molecule has 34 heavy (non-hydrogen) atoms. The van der Waals surface area contributed by atoms with Gasteiger partial charge < -0.3 is 24.4 Å². The van der Waals surface area contributed by atoms with E-state index in [0.717, 1.165) is 10.6 Å². The Morgan fingerprint density at radius 3 is 2.74 bits per heavy atom. The largest absolute Gasteiger partial charge is 0.488 e. The van der Waals surface area contributed by atoms with Crippen molar-refractivity contribution in [2.45, 2.75) is 58.6 Å². The van der Waals surface area contributed by atoms with Crippen molar-refractivity contribution in [2.75, 3.05) is 31.2 Å². The van der Waals surface area contributed by atoms with E-state index in [9.17, 15) is 14.4 Å². The second-order valence-electron chi connectivity index (χ2n) is 9.70. The van der Waals surface area contributed by atoms with E-state index >= 15 is 4.39 Å². The fourth-order valence-corrected chi connectivity index (χ4v) is 4.43. The highest BCUT2D eigenvalue weighted by atomic mass is 19.1. The third-order valence-electron chi connectivity index (χ3n) is 5.89. The van der Waals surface area contributed by atoms with Crippen LogP contribution < -0.4 is 20.5 Å². The Kier molecular flexibility index (Phi) is 6.18. The van der Waals surface area contributed by atoms with Crippen LogP contribution in [0.25, 0.3) is 5.52 Å². The Morgan fingerprint density at radius 2 is 2.06 bits per heavy atom. The topological polar surface area (TPSA) is 98.6 Å². The molecule has 2 aliphatic heterocycles. The number of halogens is 1. The molecule has 2 atom stereocenters. The predicted molar refractivity (Wildman–Crippen MR) is 123 cm³/mol. The molecule has 0 aromatic carbocycles. The smallest absolute Gasteiger partial charge is 0.407 e. The van der Waals surface area contributed by atoms with E-state index in [1.807, 2.05) is 6.92 Å². The number of carbonyl (C=O) groups excluding carboxylic acids is 2. The fraction of sp³-hybridized carbons (Fsp3) is 0.542. The summed E-state index contributed by atoms with van der Waals surface area (Å²) in [6.07, 6.45) is 1.17. The van der Waals surface area contributed by atoms with Gasteiger partial charge in [0.1, 0.15) is 16.9 Å². The van der Waals surface area contributed by atoms with Crippen LogP contribution in [0.2, 0.25) is 0 Å². The summed E-state index contributed by atoms with van der Waals surface area (Å²) in [6, 6.07) is 1.30. The third-order valence-corrected chi connectivity index (χ3v) is 5.89. The average Bonchev–Trinajstić information content (AvgIpc) is 3.18. The van der Waals surface area contributed by atoms with Gasteiger partial charge in [-0.1, -0.05) is 6.92 Å². The molecule has 0 bridgehead atoms. The van der Waals surface area contributed by atoms with Crippen LogP contribution in [-0.4, -0.2) is 54.4 Å². The summed E-state index contributed by atoms with van der Waals surface area (Å²) in [6.45, 7) is 10.2. The molecule has 2 aromatic rings. The molecule has 1 fully saturated rings. The molecule has 9 nitrogen and oxygen atoms in total. The summed E-state index contributed by atoms with van der Waals surface area (Å²) in [5.41, 5.74) is -0.0147. The molecule has 1 N–H and O–H groups in total. The van der Waals surface area contributed by atoms with Crippen LogP contribution in [0.4, 0.5) is 14.9 Å². The number of rotatable bonds is 4. The van der Waals surface area contributed by atoms with Crippen LogP contribution in [-0.2, 0) is 9.47 Å². The lowest BCUT2D eigenvalue weighted by molar-refractivity contribution is 0.0503. The van der Waals surface area contributed by atoms with Crippen molar-refractivity contribution in [3.05, 3.63) is 39.6 Å². The maximum absolute atomic E-state index is 15.4. The van der Waals surface area contributed by atoms with Crippen LogP contribution in [0.15, 0.2) is 17.1 Å². The molecule has 4 heterocycles. The van der Waals surface area contributed by atoms with E-state index in [-0.39, 0.29) is 42.2 Å². The van der Waals surface area contributed by atoms with Crippen molar-refractivity contribution in [2.24, 2.45) is 0 Å². The number of pyridine rings is 2. The highest BCUT2D eigenvalue weighted by molar-refractivity contribution is 5.91. The van der Waals surface area contributed by atoms with Crippen molar-refractivity contribution in [1.82, 2.24) is 9.72 Å². The standard InChI is InChI=1S/C24H30FN3O6/c1-6-32-22(30)16-9-15-13(2)12-33-20-18(15)28(21(16)29)11-17(25)19(20)27-8-7-14(10-27)26-23(31)34-24(3,4)5/h9,11,13-14H,6-8,10,12H2,1-5H3,(H,26,31)/t13-,14?/m0/s1. The molecule has 184 valence electrons. The van der Waals surface area contributed by atoms with E-state index in [1.165, 1.54) is 6.07 Å². The Morgan fingerprint density at radius 1 is 1.32 bits per heavy atom. The first-order chi connectivity index (χ1) is 16.0. The maximum atomic E-state index is 15.4. The first-order valence-electron chi connectivity index (χ1n) is 11.5. The minimum Gasteiger partial charge on any atom is -0.488 e. The van der Waals surface area contributed by atoms with Gasteiger partial charge in [0.2, 0.25) is 0 Å². The lowest BCUT2D eigenvalue weighted by Gasteiger charge is -2.30. The lowest BCUT2D eigenvalue weighted by Crippen LogP contribution is -2.40. The summed E-state index contributed by atoms with van der Waals surface area (Å²) in [7, 11) is 0. The minimum absolute atomic E-state index is 0.116. The number of alkyl carbamates (subject to hydrolysis) is 1. The first kappa shape index (κ1) is 23.8. The minimum atomic E-state index is -0.738. The van der Waals surface area contributed by atoms with Gasteiger partial charge >= 0.3 is 12.1 Å². The molecule has 2 aliphatic rings. The second-order valence-corrected chi connectivity index (χ2v) is 9.70. The summed E-state index contributed by atoms with van der Waals surface area (Å²) in [5.74, 6) is -1.24.